The molecule has 1 aromatic heterocycles. The van der Waals surface area contributed by atoms with Gasteiger partial charge in [0.05, 0.1) is 5.69 Å². The monoisotopic (exact) mass is 349 g/mol. The van der Waals surface area contributed by atoms with Crippen molar-refractivity contribution in [1.29, 1.82) is 0 Å². The van der Waals surface area contributed by atoms with Gasteiger partial charge in [-0.2, -0.15) is 0 Å². The number of thiazole rings is 1. The lowest BCUT2D eigenvalue weighted by Crippen LogP contribution is -2.33. The molecule has 2 aromatic rings. The van der Waals surface area contributed by atoms with Gasteiger partial charge in [-0.15, -0.1) is 11.3 Å². The first-order valence-corrected chi connectivity index (χ1v) is 8.53. The number of carbonyl (C=O) groups excluding carboxylic acids is 2. The van der Waals surface area contributed by atoms with Crippen LogP contribution in [-0.2, 0) is 12.8 Å². The molecule has 1 N–H and O–H groups in total. The molecular formula is C16H16ClN3O2S. The van der Waals surface area contributed by atoms with Gasteiger partial charge in [0.15, 0.2) is 5.01 Å². The number of amides is 2. The van der Waals surface area contributed by atoms with E-state index in [9.17, 15) is 9.59 Å². The summed E-state index contributed by atoms with van der Waals surface area (Å²) >= 11 is 7.28. The van der Waals surface area contributed by atoms with Crippen LogP contribution < -0.4 is 5.32 Å². The summed E-state index contributed by atoms with van der Waals surface area (Å²) in [6.45, 7) is 1.23. The smallest absolute Gasteiger partial charge is 0.280 e. The SMILES string of the molecule is CNC(=O)c1nc2c(s1)CCN(C(=O)c1ccc(Cl)cc1)CC2. The fourth-order valence-corrected chi connectivity index (χ4v) is 3.71. The van der Waals surface area contributed by atoms with Crippen LogP contribution in [0, 0.1) is 0 Å². The van der Waals surface area contributed by atoms with Gasteiger partial charge in [0, 0.05) is 48.4 Å². The minimum atomic E-state index is -0.155. The highest BCUT2D eigenvalue weighted by Gasteiger charge is 2.23. The second kappa shape index (κ2) is 6.68. The molecule has 0 saturated carbocycles. The van der Waals surface area contributed by atoms with Crippen LogP contribution in [0.25, 0.3) is 0 Å². The molecule has 0 spiro atoms. The Morgan fingerprint density at radius 1 is 1.22 bits per heavy atom. The summed E-state index contributed by atoms with van der Waals surface area (Å²) in [5, 5.41) is 3.70. The average Bonchev–Trinajstić information content (AvgIpc) is 2.87. The Morgan fingerprint density at radius 2 is 1.91 bits per heavy atom. The van der Waals surface area contributed by atoms with E-state index in [2.05, 4.69) is 10.3 Å². The molecule has 2 heterocycles. The van der Waals surface area contributed by atoms with E-state index in [1.165, 1.54) is 11.3 Å². The zero-order chi connectivity index (χ0) is 16.4. The van der Waals surface area contributed by atoms with Gasteiger partial charge in [0.1, 0.15) is 0 Å². The van der Waals surface area contributed by atoms with Crippen LogP contribution in [0.5, 0.6) is 0 Å². The second-order valence-corrected chi connectivity index (χ2v) is 6.79. The summed E-state index contributed by atoms with van der Waals surface area (Å²) in [4.78, 5) is 31.6. The molecule has 120 valence electrons. The predicted octanol–water partition coefficient (Wildman–Crippen LogP) is 2.40. The zero-order valence-electron chi connectivity index (χ0n) is 12.6. The quantitative estimate of drug-likeness (QED) is 0.905. The van der Waals surface area contributed by atoms with E-state index < -0.39 is 0 Å². The van der Waals surface area contributed by atoms with E-state index in [0.717, 1.165) is 17.0 Å². The number of carbonyl (C=O) groups is 2. The number of benzene rings is 1. The number of rotatable bonds is 2. The largest absolute Gasteiger partial charge is 0.353 e. The first kappa shape index (κ1) is 16.0. The minimum absolute atomic E-state index is 0.00310. The van der Waals surface area contributed by atoms with Crippen molar-refractivity contribution in [3.8, 4) is 0 Å². The minimum Gasteiger partial charge on any atom is -0.353 e. The maximum absolute atomic E-state index is 12.6. The summed E-state index contributed by atoms with van der Waals surface area (Å²) in [6, 6.07) is 6.93. The molecule has 0 radical (unpaired) electrons. The average molecular weight is 350 g/mol. The summed E-state index contributed by atoms with van der Waals surface area (Å²) in [7, 11) is 1.60. The van der Waals surface area contributed by atoms with E-state index in [4.69, 9.17) is 11.6 Å². The zero-order valence-corrected chi connectivity index (χ0v) is 14.2. The third-order valence-electron chi connectivity index (χ3n) is 3.81. The Labute approximate surface area is 143 Å². The molecule has 1 aliphatic heterocycles. The highest BCUT2D eigenvalue weighted by atomic mass is 35.5. The summed E-state index contributed by atoms with van der Waals surface area (Å²) < 4.78 is 0. The molecular weight excluding hydrogens is 334 g/mol. The maximum atomic E-state index is 12.6. The standard InChI is InChI=1S/C16H16ClN3O2S/c1-18-14(21)15-19-12-6-8-20(9-7-13(12)23-15)16(22)10-2-4-11(17)5-3-10/h2-5H,6-9H2,1H3,(H,18,21). The lowest BCUT2D eigenvalue weighted by molar-refractivity contribution is 0.0762. The molecule has 2 amide bonds. The number of hydrogen-bond acceptors (Lipinski definition) is 4. The molecule has 7 heteroatoms. The Balaban J connectivity index is 1.72. The second-order valence-electron chi connectivity index (χ2n) is 5.27. The van der Waals surface area contributed by atoms with Crippen LogP contribution in [0.15, 0.2) is 24.3 Å². The molecule has 1 aliphatic rings. The Morgan fingerprint density at radius 3 is 2.61 bits per heavy atom. The lowest BCUT2D eigenvalue weighted by Gasteiger charge is -2.20. The summed E-state index contributed by atoms with van der Waals surface area (Å²) in [5.41, 5.74) is 1.57. The van der Waals surface area contributed by atoms with Gasteiger partial charge in [0.25, 0.3) is 11.8 Å². The van der Waals surface area contributed by atoms with Crippen molar-refractivity contribution >= 4 is 34.8 Å². The third kappa shape index (κ3) is 3.38. The van der Waals surface area contributed by atoms with Crippen LogP contribution in [0.1, 0.15) is 30.7 Å². The molecule has 0 atom stereocenters. The number of fused-ring (bicyclic) bond motifs is 1. The number of halogens is 1. The van der Waals surface area contributed by atoms with Crippen molar-refractivity contribution in [3.05, 3.63) is 50.4 Å². The van der Waals surface area contributed by atoms with Crippen molar-refractivity contribution in [3.63, 3.8) is 0 Å². The normalized spacial score (nSPS) is 14.1. The van der Waals surface area contributed by atoms with Crippen LogP contribution in [0.4, 0.5) is 0 Å². The number of nitrogens with one attached hydrogen (secondary N) is 1. The highest BCUT2D eigenvalue weighted by Crippen LogP contribution is 2.23. The van der Waals surface area contributed by atoms with E-state index in [-0.39, 0.29) is 11.8 Å². The van der Waals surface area contributed by atoms with Gasteiger partial charge in [-0.1, -0.05) is 11.6 Å². The van der Waals surface area contributed by atoms with E-state index in [1.54, 1.807) is 31.3 Å². The molecule has 0 fully saturated rings. The molecule has 1 aromatic carbocycles. The van der Waals surface area contributed by atoms with Crippen LogP contribution in [0.3, 0.4) is 0 Å². The van der Waals surface area contributed by atoms with Crippen LogP contribution in [-0.4, -0.2) is 41.8 Å². The molecule has 3 rings (SSSR count). The highest BCUT2D eigenvalue weighted by molar-refractivity contribution is 7.13. The van der Waals surface area contributed by atoms with Crippen molar-refractivity contribution < 1.29 is 9.59 Å². The third-order valence-corrected chi connectivity index (χ3v) is 5.21. The van der Waals surface area contributed by atoms with Gasteiger partial charge in [-0.05, 0) is 24.3 Å². The van der Waals surface area contributed by atoms with Crippen LogP contribution >= 0.6 is 22.9 Å². The Bertz CT molecular complexity index is 717. The van der Waals surface area contributed by atoms with Gasteiger partial charge < -0.3 is 10.2 Å². The topological polar surface area (TPSA) is 62.3 Å². The van der Waals surface area contributed by atoms with Gasteiger partial charge in [0.2, 0.25) is 0 Å². The van der Waals surface area contributed by atoms with Gasteiger partial charge in [-0.25, -0.2) is 4.98 Å². The van der Waals surface area contributed by atoms with Crippen molar-refractivity contribution in [1.82, 2.24) is 15.2 Å². The van der Waals surface area contributed by atoms with Crippen molar-refractivity contribution in [2.45, 2.75) is 12.8 Å². The van der Waals surface area contributed by atoms with E-state index >= 15 is 0 Å². The fraction of sp³-hybridized carbons (Fsp3) is 0.312. The maximum Gasteiger partial charge on any atom is 0.280 e. The Hall–Kier alpha value is -1.92. The van der Waals surface area contributed by atoms with Gasteiger partial charge in [-0.3, -0.25) is 9.59 Å². The summed E-state index contributed by atoms with van der Waals surface area (Å²) in [6.07, 6.45) is 1.39. The lowest BCUT2D eigenvalue weighted by atomic mass is 10.2. The Kier molecular flexibility index (Phi) is 4.63. The summed E-state index contributed by atoms with van der Waals surface area (Å²) in [5.74, 6) is -0.152. The number of aromatic nitrogens is 1. The molecule has 0 unspecified atom stereocenters. The molecule has 0 saturated heterocycles. The molecule has 0 aliphatic carbocycles. The van der Waals surface area contributed by atoms with Crippen molar-refractivity contribution in [2.24, 2.45) is 0 Å². The number of hydrogen-bond donors (Lipinski definition) is 1. The predicted molar refractivity (Wildman–Crippen MR) is 90.3 cm³/mol. The van der Waals surface area contributed by atoms with E-state index in [1.807, 2.05) is 4.90 Å². The molecule has 0 bridgehead atoms. The van der Waals surface area contributed by atoms with E-state index in [0.29, 0.717) is 35.1 Å². The van der Waals surface area contributed by atoms with Crippen molar-refractivity contribution in [2.75, 3.05) is 20.1 Å². The first-order chi connectivity index (χ1) is 11.1. The van der Waals surface area contributed by atoms with Crippen LogP contribution in [0.2, 0.25) is 5.02 Å². The number of nitrogens with zero attached hydrogens (tertiary/aromatic N) is 2. The van der Waals surface area contributed by atoms with Gasteiger partial charge >= 0.3 is 0 Å². The molecule has 23 heavy (non-hydrogen) atoms. The first-order valence-electron chi connectivity index (χ1n) is 7.34. The fourth-order valence-electron chi connectivity index (χ4n) is 2.55. The molecule has 5 nitrogen and oxygen atoms in total.